The van der Waals surface area contributed by atoms with Crippen molar-refractivity contribution in [1.29, 1.82) is 0 Å². The van der Waals surface area contributed by atoms with Crippen LogP contribution >= 0.6 is 0 Å². The second-order valence-corrected chi connectivity index (χ2v) is 5.45. The fraction of sp³-hybridized carbons (Fsp3) is 0.562. The summed E-state index contributed by atoms with van der Waals surface area (Å²) in [4.78, 5) is 13.0. The summed E-state index contributed by atoms with van der Waals surface area (Å²) in [5.41, 5.74) is 1.11. The van der Waals surface area contributed by atoms with Crippen molar-refractivity contribution in [3.8, 4) is 0 Å². The van der Waals surface area contributed by atoms with Gasteiger partial charge in [-0.05, 0) is 24.9 Å². The highest BCUT2D eigenvalue weighted by Gasteiger charge is 2.21. The second kappa shape index (κ2) is 8.15. The number of likely N-dealkylation sites (tertiary alicyclic amines) is 1. The molecule has 2 atom stereocenters. The van der Waals surface area contributed by atoms with E-state index in [1.807, 2.05) is 30.3 Å². The minimum atomic E-state index is -0.496. The lowest BCUT2D eigenvalue weighted by molar-refractivity contribution is -0.112. The second-order valence-electron chi connectivity index (χ2n) is 5.45. The van der Waals surface area contributed by atoms with E-state index >= 15 is 0 Å². The summed E-state index contributed by atoms with van der Waals surface area (Å²) in [6.45, 7) is 3.16. The Hall–Kier alpha value is -1.23. The molecule has 0 radical (unpaired) electrons. The van der Waals surface area contributed by atoms with E-state index in [2.05, 4.69) is 4.90 Å². The Morgan fingerprint density at radius 3 is 2.95 bits per heavy atom. The molecule has 110 valence electrons. The van der Waals surface area contributed by atoms with Crippen LogP contribution in [0.5, 0.6) is 0 Å². The predicted molar refractivity (Wildman–Crippen MR) is 77.3 cm³/mol. The molecule has 1 aromatic rings. The lowest BCUT2D eigenvalue weighted by Crippen LogP contribution is -2.41. The van der Waals surface area contributed by atoms with Crippen molar-refractivity contribution in [2.24, 2.45) is 5.92 Å². The van der Waals surface area contributed by atoms with Gasteiger partial charge in [-0.25, -0.2) is 0 Å². The van der Waals surface area contributed by atoms with Crippen LogP contribution in [-0.4, -0.2) is 48.6 Å². The fourth-order valence-corrected chi connectivity index (χ4v) is 2.61. The molecule has 0 aliphatic carbocycles. The first kappa shape index (κ1) is 15.2. The molecule has 1 fully saturated rings. The molecular formula is C16H23NO3. The van der Waals surface area contributed by atoms with Crippen LogP contribution in [-0.2, 0) is 16.1 Å². The predicted octanol–water partition coefficient (Wildman–Crippen LogP) is 1.47. The number of β-amino-alcohol motifs (C(OH)–C–C–N with tert-alkyl or cyclic N) is 1. The topological polar surface area (TPSA) is 49.8 Å². The third-order valence-electron chi connectivity index (χ3n) is 3.63. The van der Waals surface area contributed by atoms with Crippen LogP contribution in [0.1, 0.15) is 18.4 Å². The molecule has 4 nitrogen and oxygen atoms in total. The van der Waals surface area contributed by atoms with E-state index in [-0.39, 0.29) is 5.92 Å². The van der Waals surface area contributed by atoms with Crippen molar-refractivity contribution in [2.45, 2.75) is 25.6 Å². The van der Waals surface area contributed by atoms with Crippen molar-refractivity contribution in [3.05, 3.63) is 35.9 Å². The number of ether oxygens (including phenoxy) is 1. The maximum Gasteiger partial charge on any atom is 0.124 e. The van der Waals surface area contributed by atoms with Crippen LogP contribution in [0.25, 0.3) is 0 Å². The van der Waals surface area contributed by atoms with Gasteiger partial charge in [0.05, 0.1) is 19.3 Å². The van der Waals surface area contributed by atoms with E-state index in [1.54, 1.807) is 0 Å². The van der Waals surface area contributed by atoms with Gasteiger partial charge in [-0.15, -0.1) is 0 Å². The average molecular weight is 277 g/mol. The van der Waals surface area contributed by atoms with Crippen molar-refractivity contribution in [1.82, 2.24) is 4.90 Å². The summed E-state index contributed by atoms with van der Waals surface area (Å²) < 4.78 is 5.53. The molecule has 0 saturated carbocycles. The normalized spacial score (nSPS) is 21.6. The Morgan fingerprint density at radius 2 is 2.20 bits per heavy atom. The number of aliphatic hydroxyl groups is 1. The molecule has 1 heterocycles. The molecule has 1 saturated heterocycles. The summed E-state index contributed by atoms with van der Waals surface area (Å²) in [6.07, 6.45) is 2.54. The number of carbonyl (C=O) groups is 1. The molecule has 1 aliphatic heterocycles. The molecule has 1 N–H and O–H groups in total. The first-order valence-corrected chi connectivity index (χ1v) is 7.25. The van der Waals surface area contributed by atoms with Gasteiger partial charge in [-0.1, -0.05) is 30.3 Å². The van der Waals surface area contributed by atoms with Crippen LogP contribution in [0.15, 0.2) is 30.3 Å². The molecule has 0 spiro atoms. The maximum absolute atomic E-state index is 10.8. The first-order valence-electron chi connectivity index (χ1n) is 7.25. The highest BCUT2D eigenvalue weighted by atomic mass is 16.5. The Bertz CT molecular complexity index is 396. The maximum atomic E-state index is 10.8. The van der Waals surface area contributed by atoms with Gasteiger partial charge in [0, 0.05) is 19.0 Å². The van der Waals surface area contributed by atoms with E-state index in [0.29, 0.717) is 19.8 Å². The smallest absolute Gasteiger partial charge is 0.124 e. The quantitative estimate of drug-likeness (QED) is 0.767. The molecule has 4 heteroatoms. The lowest BCUT2D eigenvalue weighted by Gasteiger charge is -2.31. The number of rotatable bonds is 7. The van der Waals surface area contributed by atoms with Gasteiger partial charge in [0.25, 0.3) is 0 Å². The van der Waals surface area contributed by atoms with Gasteiger partial charge < -0.3 is 14.6 Å². The van der Waals surface area contributed by atoms with Gasteiger partial charge in [0.2, 0.25) is 0 Å². The minimum Gasteiger partial charge on any atom is -0.389 e. The number of hydrogen-bond donors (Lipinski definition) is 1. The number of hydrogen-bond acceptors (Lipinski definition) is 4. The summed E-state index contributed by atoms with van der Waals surface area (Å²) in [5, 5.41) is 9.98. The van der Waals surface area contributed by atoms with Crippen molar-refractivity contribution >= 4 is 6.29 Å². The highest BCUT2D eigenvalue weighted by Crippen LogP contribution is 2.14. The van der Waals surface area contributed by atoms with E-state index < -0.39 is 6.10 Å². The molecular weight excluding hydrogens is 254 g/mol. The monoisotopic (exact) mass is 277 g/mol. The zero-order valence-corrected chi connectivity index (χ0v) is 11.8. The van der Waals surface area contributed by atoms with Crippen molar-refractivity contribution < 1.29 is 14.6 Å². The van der Waals surface area contributed by atoms with Crippen LogP contribution in [0.2, 0.25) is 0 Å². The van der Waals surface area contributed by atoms with E-state index in [1.165, 1.54) is 0 Å². The van der Waals surface area contributed by atoms with Crippen LogP contribution in [0.3, 0.4) is 0 Å². The van der Waals surface area contributed by atoms with Crippen LogP contribution in [0.4, 0.5) is 0 Å². The van der Waals surface area contributed by atoms with Gasteiger partial charge in [0.15, 0.2) is 0 Å². The zero-order valence-electron chi connectivity index (χ0n) is 11.8. The van der Waals surface area contributed by atoms with Crippen molar-refractivity contribution in [3.63, 3.8) is 0 Å². The summed E-state index contributed by atoms with van der Waals surface area (Å²) >= 11 is 0. The van der Waals surface area contributed by atoms with Crippen molar-refractivity contribution in [2.75, 3.05) is 26.2 Å². The molecule has 2 rings (SSSR count). The van der Waals surface area contributed by atoms with E-state index in [0.717, 1.165) is 37.8 Å². The van der Waals surface area contributed by atoms with Crippen LogP contribution in [0, 0.1) is 5.92 Å². The Morgan fingerprint density at radius 1 is 1.40 bits per heavy atom. The third-order valence-corrected chi connectivity index (χ3v) is 3.63. The molecule has 0 bridgehead atoms. The summed E-state index contributed by atoms with van der Waals surface area (Å²) in [6, 6.07) is 9.93. The number of nitrogens with zero attached hydrogens (tertiary/aromatic N) is 1. The number of aliphatic hydroxyl groups excluding tert-OH is 1. The van der Waals surface area contributed by atoms with Gasteiger partial charge >= 0.3 is 0 Å². The molecule has 1 aliphatic rings. The summed E-state index contributed by atoms with van der Waals surface area (Å²) in [5.74, 6) is 0.126. The first-order chi connectivity index (χ1) is 9.78. The molecule has 1 aromatic carbocycles. The van der Waals surface area contributed by atoms with E-state index in [9.17, 15) is 9.90 Å². The molecule has 0 aromatic heterocycles. The fourth-order valence-electron chi connectivity index (χ4n) is 2.61. The minimum absolute atomic E-state index is 0.126. The molecule has 2 unspecified atom stereocenters. The highest BCUT2D eigenvalue weighted by molar-refractivity contribution is 5.53. The average Bonchev–Trinajstić information content (AvgIpc) is 2.48. The number of carbonyl (C=O) groups excluding carboxylic acids is 1. The van der Waals surface area contributed by atoms with Gasteiger partial charge in [-0.2, -0.15) is 0 Å². The number of benzene rings is 1. The molecule has 0 amide bonds. The van der Waals surface area contributed by atoms with Gasteiger partial charge in [-0.3, -0.25) is 4.90 Å². The van der Waals surface area contributed by atoms with E-state index in [4.69, 9.17) is 4.74 Å². The Labute approximate surface area is 120 Å². The molecule has 20 heavy (non-hydrogen) atoms. The number of piperidine rings is 1. The van der Waals surface area contributed by atoms with Gasteiger partial charge in [0.1, 0.15) is 6.29 Å². The third kappa shape index (κ3) is 5.04. The van der Waals surface area contributed by atoms with Crippen LogP contribution < -0.4 is 0 Å². The zero-order chi connectivity index (χ0) is 14.2. The summed E-state index contributed by atoms with van der Waals surface area (Å²) in [7, 11) is 0. The standard InChI is InChI=1S/C16H23NO3/c18-11-15-7-4-8-17(9-15)10-16(19)13-20-12-14-5-2-1-3-6-14/h1-3,5-6,11,15-16,19H,4,7-10,12-13H2. The Kier molecular flexibility index (Phi) is 6.18. The Balaban J connectivity index is 1.65. The SMILES string of the molecule is O=CC1CCCN(CC(O)COCc2ccccc2)C1. The largest absolute Gasteiger partial charge is 0.389 e. The lowest BCUT2D eigenvalue weighted by atomic mass is 9.99. The number of aldehydes is 1.